The predicted octanol–water partition coefficient (Wildman–Crippen LogP) is 2.05. The number of methoxy groups -OCH3 is 1. The van der Waals surface area contributed by atoms with Crippen LogP contribution in [0.25, 0.3) is 0 Å². The number of nitrogens with one attached hydrogen (secondary N) is 1. The van der Waals surface area contributed by atoms with Crippen LogP contribution in [0, 0.1) is 5.82 Å². The third-order valence-electron chi connectivity index (χ3n) is 2.97. The number of halogens is 1. The van der Waals surface area contributed by atoms with Gasteiger partial charge in [0.05, 0.1) is 7.11 Å². The molecule has 0 saturated heterocycles. The van der Waals surface area contributed by atoms with E-state index in [0.717, 1.165) is 0 Å². The van der Waals surface area contributed by atoms with Crippen molar-refractivity contribution in [1.82, 2.24) is 5.32 Å². The lowest BCUT2D eigenvalue weighted by Gasteiger charge is -2.27. The van der Waals surface area contributed by atoms with Gasteiger partial charge in [-0.05, 0) is 25.5 Å². The first-order chi connectivity index (χ1) is 9.91. The van der Waals surface area contributed by atoms with Gasteiger partial charge in [-0.2, -0.15) is 0 Å². The van der Waals surface area contributed by atoms with E-state index in [2.05, 4.69) is 5.32 Å². The Morgan fingerprint density at radius 3 is 2.67 bits per heavy atom. The fraction of sp³-hybridized carbons (Fsp3) is 0.467. The maximum atomic E-state index is 13.0. The largest absolute Gasteiger partial charge is 0.484 e. The van der Waals surface area contributed by atoms with Gasteiger partial charge in [0.1, 0.15) is 17.1 Å². The summed E-state index contributed by atoms with van der Waals surface area (Å²) in [5.74, 6) is -1.18. The normalized spacial score (nSPS) is 13.1. The van der Waals surface area contributed by atoms with Gasteiger partial charge in [0.2, 0.25) is 0 Å². The molecule has 0 bridgehead atoms. The van der Waals surface area contributed by atoms with Crippen molar-refractivity contribution in [1.29, 1.82) is 0 Å². The Bertz CT molecular complexity index is 506. The van der Waals surface area contributed by atoms with Crippen LogP contribution in [-0.2, 0) is 14.3 Å². The molecule has 0 aliphatic heterocycles. The quantitative estimate of drug-likeness (QED) is 0.782. The molecule has 1 aromatic rings. The Balaban J connectivity index is 2.60. The molecule has 5 nitrogen and oxygen atoms in total. The number of ether oxygens (including phenoxy) is 2. The zero-order chi connectivity index (χ0) is 15.9. The first-order valence-corrected chi connectivity index (χ1v) is 6.69. The van der Waals surface area contributed by atoms with Gasteiger partial charge in [-0.1, -0.05) is 19.4 Å². The van der Waals surface area contributed by atoms with Crippen molar-refractivity contribution < 1.29 is 23.5 Å². The minimum Gasteiger partial charge on any atom is -0.484 e. The summed E-state index contributed by atoms with van der Waals surface area (Å²) in [6.07, 6.45) is 1.15. The second-order valence-electron chi connectivity index (χ2n) is 4.87. The molecule has 1 atom stereocenters. The minimum absolute atomic E-state index is 0.250. The summed E-state index contributed by atoms with van der Waals surface area (Å²) in [7, 11) is 1.27. The summed E-state index contributed by atoms with van der Waals surface area (Å²) in [4.78, 5) is 23.6. The Morgan fingerprint density at radius 1 is 1.38 bits per heavy atom. The highest BCUT2D eigenvalue weighted by atomic mass is 19.1. The molecule has 1 rings (SSSR count). The molecule has 21 heavy (non-hydrogen) atoms. The molecule has 0 aliphatic carbocycles. The summed E-state index contributed by atoms with van der Waals surface area (Å²) >= 11 is 0. The Kier molecular flexibility index (Phi) is 6.14. The van der Waals surface area contributed by atoms with Gasteiger partial charge in [0, 0.05) is 6.07 Å². The molecule has 0 saturated carbocycles. The fourth-order valence-corrected chi connectivity index (χ4v) is 1.99. The Hall–Kier alpha value is -2.11. The second-order valence-corrected chi connectivity index (χ2v) is 4.87. The van der Waals surface area contributed by atoms with Gasteiger partial charge in [0.15, 0.2) is 6.61 Å². The molecule has 1 N–H and O–H groups in total. The number of rotatable bonds is 7. The van der Waals surface area contributed by atoms with Gasteiger partial charge in [0.25, 0.3) is 5.91 Å². The topological polar surface area (TPSA) is 64.6 Å². The number of hydrogen-bond donors (Lipinski definition) is 1. The van der Waals surface area contributed by atoms with Crippen LogP contribution < -0.4 is 10.1 Å². The van der Waals surface area contributed by atoms with E-state index in [1.807, 2.05) is 6.92 Å². The molecule has 1 unspecified atom stereocenters. The molecule has 0 fully saturated rings. The van der Waals surface area contributed by atoms with Crippen LogP contribution in [0.3, 0.4) is 0 Å². The highest BCUT2D eigenvalue weighted by molar-refractivity contribution is 5.88. The van der Waals surface area contributed by atoms with E-state index in [1.54, 1.807) is 13.0 Å². The standard InChI is InChI=1S/C15H20FNO4/c1-4-8-15(2,14(19)20-3)17-13(18)10-21-12-7-5-6-11(16)9-12/h5-7,9H,4,8,10H2,1-3H3,(H,17,18). The number of benzene rings is 1. The van der Waals surface area contributed by atoms with Crippen LogP contribution >= 0.6 is 0 Å². The van der Waals surface area contributed by atoms with Crippen LogP contribution in [0.2, 0.25) is 0 Å². The fourth-order valence-electron chi connectivity index (χ4n) is 1.99. The lowest BCUT2D eigenvalue weighted by molar-refractivity contribution is -0.150. The highest BCUT2D eigenvalue weighted by Crippen LogP contribution is 2.15. The molecule has 0 spiro atoms. The average Bonchev–Trinajstić information content (AvgIpc) is 2.44. The zero-order valence-electron chi connectivity index (χ0n) is 12.4. The van der Waals surface area contributed by atoms with Crippen LogP contribution in [0.15, 0.2) is 24.3 Å². The molecule has 116 valence electrons. The summed E-state index contributed by atoms with van der Waals surface area (Å²) in [6.45, 7) is 3.19. The van der Waals surface area contributed by atoms with E-state index in [-0.39, 0.29) is 12.4 Å². The number of carbonyl (C=O) groups is 2. The van der Waals surface area contributed by atoms with Crippen molar-refractivity contribution in [2.45, 2.75) is 32.2 Å². The molecule has 0 heterocycles. The molecule has 0 radical (unpaired) electrons. The smallest absolute Gasteiger partial charge is 0.331 e. The van der Waals surface area contributed by atoms with Gasteiger partial charge >= 0.3 is 5.97 Å². The summed E-state index contributed by atoms with van der Waals surface area (Å²) < 4.78 is 22.9. The molecule has 1 aromatic carbocycles. The highest BCUT2D eigenvalue weighted by Gasteiger charge is 2.35. The van der Waals surface area contributed by atoms with Crippen LogP contribution in [0.1, 0.15) is 26.7 Å². The molecular formula is C15H20FNO4. The molecule has 0 aromatic heterocycles. The van der Waals surface area contributed by atoms with E-state index in [1.165, 1.54) is 25.3 Å². The minimum atomic E-state index is -1.09. The van der Waals surface area contributed by atoms with Gasteiger partial charge < -0.3 is 14.8 Å². The van der Waals surface area contributed by atoms with Gasteiger partial charge in [-0.3, -0.25) is 4.79 Å². The number of amides is 1. The van der Waals surface area contributed by atoms with E-state index in [4.69, 9.17) is 9.47 Å². The third kappa shape index (κ3) is 5.06. The van der Waals surface area contributed by atoms with E-state index < -0.39 is 23.2 Å². The van der Waals surface area contributed by atoms with Gasteiger partial charge in [-0.25, -0.2) is 9.18 Å². The molecule has 1 amide bonds. The Morgan fingerprint density at radius 2 is 2.10 bits per heavy atom. The van der Waals surface area contributed by atoms with Crippen molar-refractivity contribution in [2.75, 3.05) is 13.7 Å². The maximum Gasteiger partial charge on any atom is 0.331 e. The predicted molar refractivity (Wildman–Crippen MR) is 75.4 cm³/mol. The maximum absolute atomic E-state index is 13.0. The van der Waals surface area contributed by atoms with Gasteiger partial charge in [-0.15, -0.1) is 0 Å². The van der Waals surface area contributed by atoms with E-state index >= 15 is 0 Å². The number of esters is 1. The van der Waals surface area contributed by atoms with Crippen LogP contribution in [0.4, 0.5) is 4.39 Å². The first kappa shape index (κ1) is 16.9. The third-order valence-corrected chi connectivity index (χ3v) is 2.97. The number of carbonyl (C=O) groups excluding carboxylic acids is 2. The SMILES string of the molecule is CCCC(C)(NC(=O)COc1cccc(F)c1)C(=O)OC. The van der Waals surface area contributed by atoms with Crippen molar-refractivity contribution in [3.63, 3.8) is 0 Å². The molecular weight excluding hydrogens is 277 g/mol. The second kappa shape index (κ2) is 7.61. The van der Waals surface area contributed by atoms with Crippen molar-refractivity contribution in [2.24, 2.45) is 0 Å². The van der Waals surface area contributed by atoms with Crippen molar-refractivity contribution in [3.8, 4) is 5.75 Å². The lowest BCUT2D eigenvalue weighted by atomic mass is 9.96. The monoisotopic (exact) mass is 297 g/mol. The summed E-state index contributed by atoms with van der Waals surface area (Å²) in [5, 5.41) is 2.60. The summed E-state index contributed by atoms with van der Waals surface area (Å²) in [6, 6.07) is 5.49. The zero-order valence-corrected chi connectivity index (χ0v) is 12.4. The van der Waals surface area contributed by atoms with Crippen molar-refractivity contribution in [3.05, 3.63) is 30.1 Å². The molecule has 6 heteroatoms. The molecule has 0 aliphatic rings. The Labute approximate surface area is 123 Å². The van der Waals surface area contributed by atoms with Crippen molar-refractivity contribution >= 4 is 11.9 Å². The van der Waals surface area contributed by atoms with E-state index in [9.17, 15) is 14.0 Å². The lowest BCUT2D eigenvalue weighted by Crippen LogP contribution is -2.53. The first-order valence-electron chi connectivity index (χ1n) is 6.69. The summed E-state index contributed by atoms with van der Waals surface area (Å²) in [5.41, 5.74) is -1.09. The van der Waals surface area contributed by atoms with Crippen LogP contribution in [-0.4, -0.2) is 31.1 Å². The van der Waals surface area contributed by atoms with E-state index in [0.29, 0.717) is 12.8 Å². The average molecular weight is 297 g/mol. The van der Waals surface area contributed by atoms with Crippen LogP contribution in [0.5, 0.6) is 5.75 Å². The number of hydrogen-bond acceptors (Lipinski definition) is 4.